The number of nitrogens with one attached hydrogen (secondary N) is 1. The van der Waals surface area contributed by atoms with Gasteiger partial charge in [0.05, 0.1) is 6.61 Å². The summed E-state index contributed by atoms with van der Waals surface area (Å²) in [5.41, 5.74) is 1.77. The highest BCUT2D eigenvalue weighted by Gasteiger charge is 2.23. The van der Waals surface area contributed by atoms with Gasteiger partial charge in [-0.3, -0.25) is 0 Å². The van der Waals surface area contributed by atoms with Gasteiger partial charge in [0.15, 0.2) is 0 Å². The topological polar surface area (TPSA) is 37.4 Å². The predicted octanol–water partition coefficient (Wildman–Crippen LogP) is 3.82. The lowest BCUT2D eigenvalue weighted by Crippen LogP contribution is -2.22. The molecule has 1 atom stereocenters. The van der Waals surface area contributed by atoms with Crippen LogP contribution < -0.4 is 15.0 Å². The largest absolute Gasteiger partial charge is 0.493 e. The molecule has 25 heavy (non-hydrogen) atoms. The first-order valence-corrected chi connectivity index (χ1v) is 9.16. The number of nitrogens with zero attached hydrogens (tertiary/aromatic N) is 2. The van der Waals surface area contributed by atoms with Gasteiger partial charge in [0, 0.05) is 37.4 Å². The van der Waals surface area contributed by atoms with Gasteiger partial charge in [-0.25, -0.2) is 9.37 Å². The average molecular weight is 341 g/mol. The van der Waals surface area contributed by atoms with Crippen LogP contribution in [0.2, 0.25) is 0 Å². The van der Waals surface area contributed by atoms with Crippen molar-refractivity contribution in [3.8, 4) is 5.75 Å². The number of fused-ring (bicyclic) bond motifs is 1. The zero-order valence-electron chi connectivity index (χ0n) is 14.4. The lowest BCUT2D eigenvalue weighted by atomic mass is 10.0. The molecule has 1 unspecified atom stereocenters. The van der Waals surface area contributed by atoms with Crippen molar-refractivity contribution in [3.05, 3.63) is 53.5 Å². The molecule has 2 aromatic rings. The van der Waals surface area contributed by atoms with E-state index in [0.29, 0.717) is 24.5 Å². The molecular formula is C20H24FN3O. The maximum Gasteiger partial charge on any atom is 0.131 e. The summed E-state index contributed by atoms with van der Waals surface area (Å²) in [7, 11) is 0. The quantitative estimate of drug-likeness (QED) is 0.917. The molecule has 5 heteroatoms. The van der Waals surface area contributed by atoms with E-state index in [1.165, 1.54) is 18.9 Å². The number of hydrogen-bond acceptors (Lipinski definition) is 4. The van der Waals surface area contributed by atoms with Crippen LogP contribution in [0.1, 0.15) is 42.9 Å². The van der Waals surface area contributed by atoms with Gasteiger partial charge in [-0.1, -0.05) is 12.1 Å². The molecule has 0 amide bonds. The zero-order valence-corrected chi connectivity index (χ0v) is 14.4. The van der Waals surface area contributed by atoms with Gasteiger partial charge >= 0.3 is 0 Å². The van der Waals surface area contributed by atoms with Gasteiger partial charge in [0.1, 0.15) is 17.4 Å². The molecule has 1 saturated heterocycles. The molecule has 0 spiro atoms. The van der Waals surface area contributed by atoms with E-state index in [4.69, 9.17) is 4.74 Å². The van der Waals surface area contributed by atoms with Gasteiger partial charge in [-0.2, -0.15) is 0 Å². The Hall–Kier alpha value is -2.14. The molecule has 1 N–H and O–H groups in total. The lowest BCUT2D eigenvalue weighted by Gasteiger charge is -2.20. The number of hydrogen-bond donors (Lipinski definition) is 1. The van der Waals surface area contributed by atoms with Crippen molar-refractivity contribution in [1.82, 2.24) is 10.3 Å². The second kappa shape index (κ2) is 7.40. The number of pyridine rings is 1. The molecule has 4 nitrogen and oxygen atoms in total. The van der Waals surface area contributed by atoms with Gasteiger partial charge in [-0.05, 0) is 49.4 Å². The average Bonchev–Trinajstić information content (AvgIpc) is 3.09. The van der Waals surface area contributed by atoms with Crippen LogP contribution in [-0.4, -0.2) is 24.7 Å². The van der Waals surface area contributed by atoms with Gasteiger partial charge in [0.25, 0.3) is 0 Å². The monoisotopic (exact) mass is 341 g/mol. The van der Waals surface area contributed by atoms with Crippen LogP contribution in [0.4, 0.5) is 10.2 Å². The van der Waals surface area contributed by atoms with Crippen molar-refractivity contribution in [2.24, 2.45) is 0 Å². The van der Waals surface area contributed by atoms with E-state index in [-0.39, 0.29) is 11.9 Å². The molecule has 0 aliphatic carbocycles. The summed E-state index contributed by atoms with van der Waals surface area (Å²) < 4.78 is 20.0. The van der Waals surface area contributed by atoms with Crippen LogP contribution in [0.3, 0.4) is 0 Å². The summed E-state index contributed by atoms with van der Waals surface area (Å²) >= 11 is 0. The fraction of sp³-hybridized carbons (Fsp3) is 0.450. The molecule has 0 saturated carbocycles. The molecule has 3 heterocycles. The van der Waals surface area contributed by atoms with Crippen LogP contribution >= 0.6 is 0 Å². The summed E-state index contributed by atoms with van der Waals surface area (Å²) in [6.07, 6.45) is 6.21. The Morgan fingerprint density at radius 2 is 2.04 bits per heavy atom. The molecule has 1 aromatic heterocycles. The first kappa shape index (κ1) is 16.3. The highest BCUT2D eigenvalue weighted by molar-refractivity contribution is 5.40. The molecular weight excluding hydrogens is 317 g/mol. The number of ether oxygens (including phenoxy) is 1. The Bertz CT molecular complexity index is 713. The van der Waals surface area contributed by atoms with E-state index in [1.54, 1.807) is 6.07 Å². The van der Waals surface area contributed by atoms with Crippen LogP contribution in [0.15, 0.2) is 36.5 Å². The van der Waals surface area contributed by atoms with Crippen LogP contribution in [0.25, 0.3) is 0 Å². The van der Waals surface area contributed by atoms with Crippen LogP contribution in [0.5, 0.6) is 5.75 Å². The molecule has 4 rings (SSSR count). The molecule has 1 aromatic carbocycles. The van der Waals surface area contributed by atoms with Crippen molar-refractivity contribution in [2.45, 2.75) is 38.3 Å². The van der Waals surface area contributed by atoms with Crippen molar-refractivity contribution >= 4 is 5.82 Å². The van der Waals surface area contributed by atoms with E-state index >= 15 is 0 Å². The minimum Gasteiger partial charge on any atom is -0.493 e. The third-order valence-corrected chi connectivity index (χ3v) is 5.05. The number of halogens is 1. The van der Waals surface area contributed by atoms with Gasteiger partial charge < -0.3 is 15.0 Å². The number of anilines is 1. The Kier molecular flexibility index (Phi) is 4.83. The summed E-state index contributed by atoms with van der Waals surface area (Å²) in [5.74, 6) is 1.53. The fourth-order valence-corrected chi connectivity index (χ4v) is 3.69. The van der Waals surface area contributed by atoms with Crippen LogP contribution in [-0.2, 0) is 6.54 Å². The van der Waals surface area contributed by atoms with E-state index < -0.39 is 0 Å². The summed E-state index contributed by atoms with van der Waals surface area (Å²) in [6, 6.07) is 9.24. The predicted molar refractivity (Wildman–Crippen MR) is 96.4 cm³/mol. The van der Waals surface area contributed by atoms with Crippen molar-refractivity contribution in [3.63, 3.8) is 0 Å². The van der Waals surface area contributed by atoms with E-state index in [0.717, 1.165) is 37.3 Å². The van der Waals surface area contributed by atoms with Crippen LogP contribution in [0, 0.1) is 5.82 Å². The first-order chi connectivity index (χ1) is 12.3. The lowest BCUT2D eigenvalue weighted by molar-refractivity contribution is 0.314. The standard InChI is InChI=1S/C20H24FN3O/c21-16-5-3-7-18-20(16)17(6-4-12-25-18)22-13-15-8-9-19(23-14-15)24-10-1-2-11-24/h3,5,7-9,14,17,22H,1-2,4,6,10-13H2. The first-order valence-electron chi connectivity index (χ1n) is 9.16. The van der Waals surface area contributed by atoms with E-state index in [1.807, 2.05) is 12.3 Å². The second-order valence-electron chi connectivity index (χ2n) is 6.79. The normalized spacial score (nSPS) is 20.0. The highest BCUT2D eigenvalue weighted by atomic mass is 19.1. The third kappa shape index (κ3) is 3.61. The highest BCUT2D eigenvalue weighted by Crippen LogP contribution is 2.33. The molecule has 132 valence electrons. The summed E-state index contributed by atoms with van der Waals surface area (Å²) in [4.78, 5) is 6.92. The minimum atomic E-state index is -0.195. The Morgan fingerprint density at radius 3 is 2.84 bits per heavy atom. The second-order valence-corrected chi connectivity index (χ2v) is 6.79. The number of aromatic nitrogens is 1. The van der Waals surface area contributed by atoms with E-state index in [9.17, 15) is 4.39 Å². The Balaban J connectivity index is 1.44. The summed E-state index contributed by atoms with van der Waals surface area (Å²) in [6.45, 7) is 3.51. The molecule has 0 bridgehead atoms. The molecule has 1 fully saturated rings. The SMILES string of the molecule is Fc1cccc2c1C(NCc1ccc(N3CCCC3)nc1)CCCO2. The van der Waals surface area contributed by atoms with Crippen molar-refractivity contribution in [2.75, 3.05) is 24.6 Å². The number of benzene rings is 1. The maximum atomic E-state index is 14.3. The van der Waals surface area contributed by atoms with Gasteiger partial charge in [-0.15, -0.1) is 0 Å². The third-order valence-electron chi connectivity index (χ3n) is 5.05. The van der Waals surface area contributed by atoms with E-state index in [2.05, 4.69) is 27.3 Å². The number of rotatable bonds is 4. The minimum absolute atomic E-state index is 0.0306. The fourth-order valence-electron chi connectivity index (χ4n) is 3.69. The molecule has 2 aliphatic rings. The summed E-state index contributed by atoms with van der Waals surface area (Å²) in [5, 5.41) is 3.49. The smallest absolute Gasteiger partial charge is 0.131 e. The molecule has 0 radical (unpaired) electrons. The van der Waals surface area contributed by atoms with Crippen molar-refractivity contribution < 1.29 is 9.13 Å². The zero-order chi connectivity index (χ0) is 17.1. The Labute approximate surface area is 148 Å². The molecule has 2 aliphatic heterocycles. The Morgan fingerprint density at radius 1 is 1.16 bits per heavy atom. The van der Waals surface area contributed by atoms with Gasteiger partial charge in [0.2, 0.25) is 0 Å². The maximum absolute atomic E-state index is 14.3. The van der Waals surface area contributed by atoms with Crippen molar-refractivity contribution in [1.29, 1.82) is 0 Å².